The quantitative estimate of drug-likeness (QED) is 0.715. The Morgan fingerprint density at radius 1 is 1.30 bits per heavy atom. The van der Waals surface area contributed by atoms with Crippen LogP contribution < -0.4 is 5.32 Å². The molecule has 0 aliphatic heterocycles. The van der Waals surface area contributed by atoms with Crippen LogP contribution in [0.25, 0.3) is 10.9 Å². The number of aromatic amines is 1. The molecule has 0 unspecified atom stereocenters. The summed E-state index contributed by atoms with van der Waals surface area (Å²) in [5.41, 5.74) is 2.39. The number of carbonyl (C=O) groups excluding carboxylic acids is 1. The standard InChI is InChI=1S/C16H10BrClN4O/c17-12-6-5-11-14(13(12)18)21-22-15(11)16(23)20-8-10-3-1-9(7-19)2-4-10/h1-6H,8H2,(H,20,23)(H,21,22). The van der Waals surface area contributed by atoms with Gasteiger partial charge >= 0.3 is 0 Å². The maximum atomic E-state index is 12.3. The molecular formula is C16H10BrClN4O. The molecular weight excluding hydrogens is 380 g/mol. The topological polar surface area (TPSA) is 81.6 Å². The van der Waals surface area contributed by atoms with Crippen LogP contribution in [0.4, 0.5) is 0 Å². The predicted octanol–water partition coefficient (Wildman–Crippen LogP) is 3.78. The Hall–Kier alpha value is -2.36. The molecule has 0 aliphatic carbocycles. The molecule has 23 heavy (non-hydrogen) atoms. The van der Waals surface area contributed by atoms with E-state index in [0.29, 0.717) is 33.7 Å². The summed E-state index contributed by atoms with van der Waals surface area (Å²) in [5, 5.41) is 19.6. The monoisotopic (exact) mass is 388 g/mol. The van der Waals surface area contributed by atoms with E-state index in [9.17, 15) is 4.79 Å². The van der Waals surface area contributed by atoms with Crippen molar-refractivity contribution in [3.05, 3.63) is 62.7 Å². The van der Waals surface area contributed by atoms with Gasteiger partial charge in [0.2, 0.25) is 0 Å². The lowest BCUT2D eigenvalue weighted by Crippen LogP contribution is -2.23. The Balaban J connectivity index is 1.78. The molecule has 3 rings (SSSR count). The average molecular weight is 390 g/mol. The molecule has 7 heteroatoms. The third kappa shape index (κ3) is 3.07. The van der Waals surface area contributed by atoms with Crippen LogP contribution in [-0.2, 0) is 6.54 Å². The molecule has 0 saturated carbocycles. The van der Waals surface area contributed by atoms with E-state index in [1.165, 1.54) is 0 Å². The molecule has 2 aromatic carbocycles. The lowest BCUT2D eigenvalue weighted by Gasteiger charge is -2.04. The number of benzene rings is 2. The van der Waals surface area contributed by atoms with Crippen LogP contribution in [0.15, 0.2) is 40.9 Å². The fourth-order valence-corrected chi connectivity index (χ4v) is 2.70. The summed E-state index contributed by atoms with van der Waals surface area (Å²) < 4.78 is 0.736. The number of nitrogens with zero attached hydrogens (tertiary/aromatic N) is 2. The van der Waals surface area contributed by atoms with Crippen LogP contribution in [-0.4, -0.2) is 16.1 Å². The second-order valence-electron chi connectivity index (χ2n) is 4.85. The molecule has 2 N–H and O–H groups in total. The third-order valence-electron chi connectivity index (χ3n) is 3.38. The maximum absolute atomic E-state index is 12.3. The number of carbonyl (C=O) groups is 1. The minimum Gasteiger partial charge on any atom is -0.347 e. The Morgan fingerprint density at radius 3 is 2.74 bits per heavy atom. The Bertz CT molecular complexity index is 928. The van der Waals surface area contributed by atoms with Gasteiger partial charge in [0.05, 0.1) is 22.2 Å². The molecule has 0 spiro atoms. The first kappa shape index (κ1) is 15.5. The number of aromatic nitrogens is 2. The Labute approximate surface area is 145 Å². The van der Waals surface area contributed by atoms with Crippen molar-refractivity contribution in [2.24, 2.45) is 0 Å². The molecule has 1 aromatic heterocycles. The highest BCUT2D eigenvalue weighted by Crippen LogP contribution is 2.30. The van der Waals surface area contributed by atoms with Gasteiger partial charge in [-0.05, 0) is 45.8 Å². The maximum Gasteiger partial charge on any atom is 0.272 e. The number of nitriles is 1. The second-order valence-corrected chi connectivity index (χ2v) is 6.08. The molecule has 5 nitrogen and oxygen atoms in total. The van der Waals surface area contributed by atoms with Crippen molar-refractivity contribution in [2.75, 3.05) is 0 Å². The van der Waals surface area contributed by atoms with E-state index < -0.39 is 0 Å². The van der Waals surface area contributed by atoms with E-state index in [0.717, 1.165) is 10.0 Å². The van der Waals surface area contributed by atoms with Gasteiger partial charge in [0.15, 0.2) is 5.69 Å². The van der Waals surface area contributed by atoms with Crippen LogP contribution in [0.2, 0.25) is 5.02 Å². The summed E-state index contributed by atoms with van der Waals surface area (Å²) in [4.78, 5) is 12.3. The molecule has 3 aromatic rings. The van der Waals surface area contributed by atoms with Crippen molar-refractivity contribution in [1.29, 1.82) is 5.26 Å². The smallest absolute Gasteiger partial charge is 0.272 e. The fourth-order valence-electron chi connectivity index (χ4n) is 2.17. The number of halogens is 2. The van der Waals surface area contributed by atoms with E-state index in [1.54, 1.807) is 36.4 Å². The van der Waals surface area contributed by atoms with Crippen molar-refractivity contribution < 1.29 is 4.79 Å². The first-order valence-corrected chi connectivity index (χ1v) is 7.86. The lowest BCUT2D eigenvalue weighted by molar-refractivity contribution is 0.0947. The summed E-state index contributed by atoms with van der Waals surface area (Å²) in [7, 11) is 0. The number of hydrogen-bond acceptors (Lipinski definition) is 3. The molecule has 0 saturated heterocycles. The highest BCUT2D eigenvalue weighted by molar-refractivity contribution is 9.10. The number of rotatable bonds is 3. The highest BCUT2D eigenvalue weighted by atomic mass is 79.9. The zero-order chi connectivity index (χ0) is 16.4. The molecule has 0 radical (unpaired) electrons. The minimum absolute atomic E-state index is 0.293. The SMILES string of the molecule is N#Cc1ccc(CNC(=O)c2n[nH]c3c(Cl)c(Br)ccc23)cc1. The van der Waals surface area contributed by atoms with Gasteiger partial charge in [-0.3, -0.25) is 9.89 Å². The van der Waals surface area contributed by atoms with Crippen molar-refractivity contribution in [3.63, 3.8) is 0 Å². The van der Waals surface area contributed by atoms with Crippen molar-refractivity contribution in [3.8, 4) is 6.07 Å². The van der Waals surface area contributed by atoms with Crippen LogP contribution >= 0.6 is 27.5 Å². The predicted molar refractivity (Wildman–Crippen MR) is 91.1 cm³/mol. The van der Waals surface area contributed by atoms with Crippen LogP contribution in [0.3, 0.4) is 0 Å². The summed E-state index contributed by atoms with van der Waals surface area (Å²) in [6, 6.07) is 12.6. The van der Waals surface area contributed by atoms with E-state index in [2.05, 4.69) is 37.5 Å². The summed E-state index contributed by atoms with van der Waals surface area (Å²) in [6.07, 6.45) is 0. The van der Waals surface area contributed by atoms with Crippen LogP contribution in [0.5, 0.6) is 0 Å². The Morgan fingerprint density at radius 2 is 2.04 bits per heavy atom. The van der Waals surface area contributed by atoms with Gasteiger partial charge in [0.1, 0.15) is 0 Å². The van der Waals surface area contributed by atoms with E-state index in [-0.39, 0.29) is 5.91 Å². The molecule has 0 atom stereocenters. The number of nitrogens with one attached hydrogen (secondary N) is 2. The van der Waals surface area contributed by atoms with Crippen molar-refractivity contribution in [2.45, 2.75) is 6.54 Å². The fraction of sp³-hybridized carbons (Fsp3) is 0.0625. The third-order valence-corrected chi connectivity index (χ3v) is 4.66. The summed E-state index contributed by atoms with van der Waals surface area (Å²) in [6.45, 7) is 0.350. The van der Waals surface area contributed by atoms with Gasteiger partial charge in [-0.1, -0.05) is 23.7 Å². The van der Waals surface area contributed by atoms with Gasteiger partial charge < -0.3 is 5.32 Å². The number of amides is 1. The van der Waals surface area contributed by atoms with E-state index in [1.807, 2.05) is 0 Å². The summed E-state index contributed by atoms with van der Waals surface area (Å²) >= 11 is 9.50. The summed E-state index contributed by atoms with van der Waals surface area (Å²) in [5.74, 6) is -0.293. The zero-order valence-electron chi connectivity index (χ0n) is 11.7. The average Bonchev–Trinajstić information content (AvgIpc) is 3.01. The minimum atomic E-state index is -0.293. The number of hydrogen-bond donors (Lipinski definition) is 2. The van der Waals surface area contributed by atoms with Crippen LogP contribution in [0, 0.1) is 11.3 Å². The highest BCUT2D eigenvalue weighted by Gasteiger charge is 2.16. The molecule has 0 fully saturated rings. The Kier molecular flexibility index (Phi) is 4.33. The normalized spacial score (nSPS) is 10.5. The molecule has 1 heterocycles. The van der Waals surface area contributed by atoms with Gasteiger partial charge in [0.25, 0.3) is 5.91 Å². The van der Waals surface area contributed by atoms with Gasteiger partial charge in [-0.2, -0.15) is 10.4 Å². The van der Waals surface area contributed by atoms with Crippen molar-refractivity contribution >= 4 is 44.3 Å². The molecule has 0 bridgehead atoms. The van der Waals surface area contributed by atoms with E-state index >= 15 is 0 Å². The van der Waals surface area contributed by atoms with Crippen molar-refractivity contribution in [1.82, 2.24) is 15.5 Å². The lowest BCUT2D eigenvalue weighted by atomic mass is 10.1. The first-order chi connectivity index (χ1) is 11.1. The molecule has 114 valence electrons. The second kappa shape index (κ2) is 6.41. The van der Waals surface area contributed by atoms with Gasteiger partial charge in [-0.25, -0.2) is 0 Å². The largest absolute Gasteiger partial charge is 0.347 e. The van der Waals surface area contributed by atoms with E-state index in [4.69, 9.17) is 16.9 Å². The number of fused-ring (bicyclic) bond motifs is 1. The van der Waals surface area contributed by atoms with Crippen LogP contribution in [0.1, 0.15) is 21.6 Å². The number of H-pyrrole nitrogens is 1. The zero-order valence-corrected chi connectivity index (χ0v) is 14.1. The molecule has 0 aliphatic rings. The van der Waals surface area contributed by atoms with Gasteiger partial charge in [0, 0.05) is 16.4 Å². The van der Waals surface area contributed by atoms with Gasteiger partial charge in [-0.15, -0.1) is 0 Å². The molecule has 1 amide bonds. The first-order valence-electron chi connectivity index (χ1n) is 6.69.